The first-order valence-electron chi connectivity index (χ1n) is 11.8. The third-order valence-electron chi connectivity index (χ3n) is 5.79. The van der Waals surface area contributed by atoms with Crippen LogP contribution in [0.1, 0.15) is 96.3 Å². The minimum absolute atomic E-state index is 0.0402. The Hall–Kier alpha value is -0.710. The Morgan fingerprint density at radius 1 is 0.606 bits per heavy atom. The van der Waals surface area contributed by atoms with Crippen LogP contribution in [-0.4, -0.2) is 43.4 Å². The van der Waals surface area contributed by atoms with E-state index in [-0.39, 0.29) is 12.7 Å². The average molecular weight is 503 g/mol. The quantitative estimate of drug-likeness (QED) is 0.138. The van der Waals surface area contributed by atoms with Crippen molar-refractivity contribution in [3.8, 4) is 0 Å². The molecule has 1 aliphatic heterocycles. The summed E-state index contributed by atoms with van der Waals surface area (Å²) >= 11 is 0. The van der Waals surface area contributed by atoms with E-state index in [0.717, 1.165) is 70.8 Å². The van der Waals surface area contributed by atoms with Crippen LogP contribution in [0.15, 0.2) is 0 Å². The zero-order valence-corrected chi connectivity index (χ0v) is 18.8. The highest BCUT2D eigenvalue weighted by atomic mass is 19.4. The Morgan fingerprint density at radius 3 is 1.48 bits per heavy atom. The van der Waals surface area contributed by atoms with E-state index in [1.165, 1.54) is 0 Å². The molecule has 1 saturated heterocycles. The van der Waals surface area contributed by atoms with Crippen molar-refractivity contribution in [1.29, 1.82) is 0 Å². The third-order valence-corrected chi connectivity index (χ3v) is 5.79. The van der Waals surface area contributed by atoms with Gasteiger partial charge in [-0.1, -0.05) is 64.2 Å². The lowest BCUT2D eigenvalue weighted by Gasteiger charge is -2.33. The summed E-state index contributed by atoms with van der Waals surface area (Å²) in [5.41, 5.74) is 0. The van der Waals surface area contributed by atoms with E-state index < -0.39 is 36.8 Å². The zero-order chi connectivity index (χ0) is 25.0. The molecule has 0 spiro atoms. The zero-order valence-electron chi connectivity index (χ0n) is 18.8. The SMILES string of the molecule is FC(F)(F)C(F)(F)C(F)(F)C(F)(F)CCCCCCCCCCCCCCOC1CCCO1. The normalized spacial score (nSPS) is 18.3. The summed E-state index contributed by atoms with van der Waals surface area (Å²) in [4.78, 5) is 0. The van der Waals surface area contributed by atoms with E-state index in [2.05, 4.69) is 0 Å². The van der Waals surface area contributed by atoms with Crippen molar-refractivity contribution in [2.24, 2.45) is 0 Å². The molecule has 0 aromatic heterocycles. The molecule has 1 atom stereocenters. The maximum absolute atomic E-state index is 13.4. The Labute approximate surface area is 189 Å². The largest absolute Gasteiger partial charge is 0.460 e. The fraction of sp³-hybridized carbons (Fsp3) is 1.00. The van der Waals surface area contributed by atoms with Crippen molar-refractivity contribution < 1.29 is 49.0 Å². The van der Waals surface area contributed by atoms with Gasteiger partial charge in [0.1, 0.15) is 0 Å². The Bertz CT molecular complexity index is 518. The number of unbranched alkanes of at least 4 members (excludes halogenated alkanes) is 11. The van der Waals surface area contributed by atoms with E-state index in [9.17, 15) is 39.5 Å². The summed E-state index contributed by atoms with van der Waals surface area (Å²) in [6.07, 6.45) is 2.28. The maximum Gasteiger partial charge on any atom is 0.460 e. The molecule has 1 unspecified atom stereocenters. The summed E-state index contributed by atoms with van der Waals surface area (Å²) in [5.74, 6) is -18.7. The van der Waals surface area contributed by atoms with Crippen LogP contribution in [0.3, 0.4) is 0 Å². The summed E-state index contributed by atoms with van der Waals surface area (Å²) in [6.45, 7) is 1.48. The molecule has 1 heterocycles. The van der Waals surface area contributed by atoms with Crippen LogP contribution in [0.25, 0.3) is 0 Å². The standard InChI is InChI=1S/C22H35F9O2/c23-19(24,20(25,26)21(27,28)22(29,30)31)15-11-9-7-5-3-1-2-4-6-8-10-12-16-32-18-14-13-17-33-18/h18H,1-17H2. The molecule has 0 aliphatic carbocycles. The number of hydrogen-bond donors (Lipinski definition) is 0. The molecule has 1 fully saturated rings. The van der Waals surface area contributed by atoms with E-state index in [1.54, 1.807) is 0 Å². The fourth-order valence-electron chi connectivity index (χ4n) is 3.68. The van der Waals surface area contributed by atoms with Gasteiger partial charge in [-0.25, -0.2) is 0 Å². The molecular weight excluding hydrogens is 467 g/mol. The predicted octanol–water partition coefficient (Wildman–Crippen LogP) is 8.68. The highest BCUT2D eigenvalue weighted by Gasteiger charge is 2.81. The lowest BCUT2D eigenvalue weighted by Crippen LogP contribution is -2.60. The predicted molar refractivity (Wildman–Crippen MR) is 106 cm³/mol. The van der Waals surface area contributed by atoms with Crippen LogP contribution in [0.2, 0.25) is 0 Å². The smallest absolute Gasteiger partial charge is 0.353 e. The van der Waals surface area contributed by atoms with Gasteiger partial charge in [0.15, 0.2) is 6.29 Å². The molecule has 0 radical (unpaired) electrons. The lowest BCUT2D eigenvalue weighted by molar-refractivity contribution is -0.396. The van der Waals surface area contributed by atoms with Crippen molar-refractivity contribution in [2.75, 3.05) is 13.2 Å². The van der Waals surface area contributed by atoms with Crippen LogP contribution in [0, 0.1) is 0 Å². The van der Waals surface area contributed by atoms with Crippen molar-refractivity contribution in [3.63, 3.8) is 0 Å². The average Bonchev–Trinajstić information content (AvgIpc) is 3.23. The molecule has 198 valence electrons. The van der Waals surface area contributed by atoms with E-state index in [1.807, 2.05) is 0 Å². The molecule has 1 aliphatic rings. The Kier molecular flexibility index (Phi) is 12.9. The molecule has 0 amide bonds. The van der Waals surface area contributed by atoms with Crippen LogP contribution in [0.5, 0.6) is 0 Å². The number of hydrogen-bond acceptors (Lipinski definition) is 2. The van der Waals surface area contributed by atoms with Crippen LogP contribution in [0.4, 0.5) is 39.5 Å². The summed E-state index contributed by atoms with van der Waals surface area (Å²) in [6, 6.07) is 0. The van der Waals surface area contributed by atoms with Crippen molar-refractivity contribution in [1.82, 2.24) is 0 Å². The lowest BCUT2D eigenvalue weighted by atomic mass is 9.97. The Morgan fingerprint density at radius 2 is 1.06 bits per heavy atom. The van der Waals surface area contributed by atoms with Crippen molar-refractivity contribution in [2.45, 2.75) is 127 Å². The van der Waals surface area contributed by atoms with Crippen molar-refractivity contribution in [3.05, 3.63) is 0 Å². The van der Waals surface area contributed by atoms with Crippen molar-refractivity contribution >= 4 is 0 Å². The van der Waals surface area contributed by atoms with Gasteiger partial charge in [0.25, 0.3) is 0 Å². The molecule has 0 N–H and O–H groups in total. The first-order chi connectivity index (χ1) is 15.3. The molecule has 1 rings (SSSR count). The van der Waals surface area contributed by atoms with Gasteiger partial charge in [-0.15, -0.1) is 0 Å². The van der Waals surface area contributed by atoms with Crippen LogP contribution in [-0.2, 0) is 9.47 Å². The van der Waals surface area contributed by atoms with Gasteiger partial charge >= 0.3 is 23.9 Å². The molecule has 2 nitrogen and oxygen atoms in total. The molecule has 0 saturated carbocycles. The van der Waals surface area contributed by atoms with Crippen LogP contribution >= 0.6 is 0 Å². The molecule has 0 bridgehead atoms. The summed E-state index contributed by atoms with van der Waals surface area (Å²) < 4.78 is 126. The topological polar surface area (TPSA) is 18.5 Å². The highest BCUT2D eigenvalue weighted by Crippen LogP contribution is 2.54. The second kappa shape index (κ2) is 14.0. The van der Waals surface area contributed by atoms with Gasteiger partial charge in [-0.2, -0.15) is 39.5 Å². The van der Waals surface area contributed by atoms with Gasteiger partial charge in [0, 0.05) is 26.1 Å². The number of rotatable bonds is 18. The monoisotopic (exact) mass is 502 g/mol. The fourth-order valence-corrected chi connectivity index (χ4v) is 3.68. The van der Waals surface area contributed by atoms with E-state index in [4.69, 9.17) is 9.47 Å². The number of halogens is 9. The minimum atomic E-state index is -6.79. The summed E-state index contributed by atoms with van der Waals surface area (Å²) in [7, 11) is 0. The molecule has 0 aromatic rings. The van der Waals surface area contributed by atoms with Crippen LogP contribution < -0.4 is 0 Å². The molecule has 11 heteroatoms. The first-order valence-corrected chi connectivity index (χ1v) is 11.8. The van der Waals surface area contributed by atoms with E-state index >= 15 is 0 Å². The number of alkyl halides is 9. The minimum Gasteiger partial charge on any atom is -0.353 e. The second-order valence-corrected chi connectivity index (χ2v) is 8.66. The maximum atomic E-state index is 13.4. The van der Waals surface area contributed by atoms with Gasteiger partial charge in [0.05, 0.1) is 0 Å². The van der Waals surface area contributed by atoms with E-state index in [0.29, 0.717) is 19.4 Å². The van der Waals surface area contributed by atoms with Gasteiger partial charge in [-0.05, 0) is 19.3 Å². The molecule has 0 aromatic carbocycles. The van der Waals surface area contributed by atoms with Gasteiger partial charge < -0.3 is 9.47 Å². The molecular formula is C22H35F9O2. The van der Waals surface area contributed by atoms with Gasteiger partial charge in [-0.3, -0.25) is 0 Å². The Balaban J connectivity index is 1.98. The molecule has 33 heavy (non-hydrogen) atoms. The highest BCUT2D eigenvalue weighted by molar-refractivity contribution is 5.00. The third kappa shape index (κ3) is 9.82. The number of ether oxygens (including phenoxy) is 2. The second-order valence-electron chi connectivity index (χ2n) is 8.66. The first kappa shape index (κ1) is 30.3. The van der Waals surface area contributed by atoms with Gasteiger partial charge in [0.2, 0.25) is 0 Å². The summed E-state index contributed by atoms with van der Waals surface area (Å²) in [5, 5.41) is 0.